The fourth-order valence-corrected chi connectivity index (χ4v) is 13.9. The van der Waals surface area contributed by atoms with Gasteiger partial charge in [0, 0.05) is 60.1 Å². The molecule has 0 N–H and O–H groups in total. The van der Waals surface area contributed by atoms with Gasteiger partial charge in [-0.3, -0.25) is 0 Å². The van der Waals surface area contributed by atoms with Crippen LogP contribution in [0.25, 0.3) is 43.5 Å². The Morgan fingerprint density at radius 1 is 0.361 bits per heavy atom. The van der Waals surface area contributed by atoms with Gasteiger partial charge >= 0.3 is 0 Å². The molecule has 0 atom stereocenters. The predicted octanol–water partition coefficient (Wildman–Crippen LogP) is 20.6. The first-order valence-electron chi connectivity index (χ1n) is 29.6. The van der Waals surface area contributed by atoms with Crippen molar-refractivity contribution in [3.05, 3.63) is 253 Å². The monoisotopic (exact) mass is 1100 g/mol. The van der Waals surface area contributed by atoms with Crippen molar-refractivity contribution in [1.29, 1.82) is 0 Å². The molecular formula is C78H74BN3S. The first kappa shape index (κ1) is 53.9. The van der Waals surface area contributed by atoms with Crippen molar-refractivity contribution in [3.63, 3.8) is 0 Å². The van der Waals surface area contributed by atoms with E-state index in [0.717, 1.165) is 28.4 Å². The summed E-state index contributed by atoms with van der Waals surface area (Å²) in [7, 11) is 0. The highest BCUT2D eigenvalue weighted by atomic mass is 32.1. The van der Waals surface area contributed by atoms with Gasteiger partial charge in [0.05, 0.1) is 17.1 Å². The van der Waals surface area contributed by atoms with Crippen molar-refractivity contribution in [2.45, 2.75) is 105 Å². The van der Waals surface area contributed by atoms with Crippen LogP contribution < -0.4 is 30.4 Å². The van der Waals surface area contributed by atoms with Crippen LogP contribution >= 0.6 is 11.3 Å². The maximum absolute atomic E-state index is 2.66. The molecule has 3 nitrogen and oxygen atoms in total. The van der Waals surface area contributed by atoms with Crippen molar-refractivity contribution in [2.24, 2.45) is 0 Å². The molecule has 11 aromatic rings. The molecule has 5 heteroatoms. The fourth-order valence-electron chi connectivity index (χ4n) is 12.6. The van der Waals surface area contributed by atoms with Crippen LogP contribution in [0.1, 0.15) is 105 Å². The third-order valence-electron chi connectivity index (χ3n) is 17.3. The summed E-state index contributed by atoms with van der Waals surface area (Å²) < 4.78 is 2.63. The standard InChI is InChI=1S/C78H74BN3S/c1-75(2,3)55-33-38-59(39-34-55)80(66-31-23-22-30-62(66)52-26-18-14-19-27-52)61-42-43-65-68(50-61)82(67-44-37-57(77(7,8)9)47-63(67)53-28-20-15-21-29-53)70-49-58(78(10,11)12)48-69-72(70)79(65)74-73(81(69)60-40-35-56(36-41-60)76(4,5)6)64-46-54(32-45-71(64)83-74)51-24-16-13-17-25-51/h13-50H,1-12H3. The van der Waals surface area contributed by atoms with Gasteiger partial charge in [0.15, 0.2) is 0 Å². The lowest BCUT2D eigenvalue weighted by atomic mass is 9.36. The molecule has 0 unspecified atom stereocenters. The van der Waals surface area contributed by atoms with E-state index in [1.165, 1.54) is 104 Å². The number of thiophene rings is 1. The number of benzene rings is 10. The predicted molar refractivity (Wildman–Crippen MR) is 362 cm³/mol. The number of hydrogen-bond donors (Lipinski definition) is 0. The summed E-state index contributed by atoms with van der Waals surface area (Å²) in [4.78, 5) is 7.80. The molecule has 0 aliphatic carbocycles. The van der Waals surface area contributed by atoms with Gasteiger partial charge < -0.3 is 14.7 Å². The van der Waals surface area contributed by atoms with Gasteiger partial charge in [-0.2, -0.15) is 0 Å². The van der Waals surface area contributed by atoms with Crippen LogP contribution in [0.2, 0.25) is 0 Å². The Morgan fingerprint density at radius 2 is 0.880 bits per heavy atom. The Labute approximate surface area is 497 Å². The molecule has 2 aliphatic heterocycles. The number of para-hydroxylation sites is 1. The van der Waals surface area contributed by atoms with E-state index in [9.17, 15) is 0 Å². The van der Waals surface area contributed by atoms with Gasteiger partial charge in [-0.15, -0.1) is 11.3 Å². The lowest BCUT2D eigenvalue weighted by Gasteiger charge is -2.45. The summed E-state index contributed by atoms with van der Waals surface area (Å²) in [5, 5.41) is 1.27. The Morgan fingerprint density at radius 3 is 1.48 bits per heavy atom. The van der Waals surface area contributed by atoms with Crippen molar-refractivity contribution >= 4 is 95.0 Å². The Bertz CT molecular complexity index is 4230. The highest BCUT2D eigenvalue weighted by molar-refractivity contribution is 7.33. The Balaban J connectivity index is 1.16. The molecule has 0 spiro atoms. The van der Waals surface area contributed by atoms with Crippen LogP contribution in [-0.2, 0) is 21.7 Å². The molecule has 1 aromatic heterocycles. The van der Waals surface area contributed by atoms with Gasteiger partial charge in [-0.25, -0.2) is 0 Å². The zero-order valence-electron chi connectivity index (χ0n) is 50.3. The minimum Gasteiger partial charge on any atom is -0.311 e. The van der Waals surface area contributed by atoms with Crippen LogP contribution in [0.4, 0.5) is 51.2 Å². The number of nitrogens with zero attached hydrogens (tertiary/aromatic N) is 3. The molecule has 83 heavy (non-hydrogen) atoms. The molecule has 0 saturated heterocycles. The minimum absolute atomic E-state index is 0.00118. The second-order valence-corrected chi connectivity index (χ2v) is 28.2. The molecule has 10 aromatic carbocycles. The average molecular weight is 1100 g/mol. The van der Waals surface area contributed by atoms with Crippen LogP contribution in [0.15, 0.2) is 231 Å². The van der Waals surface area contributed by atoms with Crippen LogP contribution in [0, 0.1) is 0 Å². The van der Waals surface area contributed by atoms with Crippen LogP contribution in [-0.4, -0.2) is 6.71 Å². The normalized spacial score (nSPS) is 13.2. The van der Waals surface area contributed by atoms with E-state index in [4.69, 9.17) is 0 Å². The van der Waals surface area contributed by atoms with Crippen molar-refractivity contribution < 1.29 is 0 Å². The fraction of sp³-hybridized carbons (Fsp3) is 0.205. The second kappa shape index (κ2) is 20.2. The topological polar surface area (TPSA) is 9.72 Å². The van der Waals surface area contributed by atoms with E-state index in [1.54, 1.807) is 0 Å². The van der Waals surface area contributed by atoms with Crippen molar-refractivity contribution in [3.8, 4) is 33.4 Å². The zero-order valence-corrected chi connectivity index (χ0v) is 51.1. The maximum atomic E-state index is 2.66. The van der Waals surface area contributed by atoms with E-state index in [0.29, 0.717) is 0 Å². The average Bonchev–Trinajstić information content (AvgIpc) is 2.08. The van der Waals surface area contributed by atoms with Gasteiger partial charge in [0.1, 0.15) is 0 Å². The largest absolute Gasteiger partial charge is 0.311 e. The highest BCUT2D eigenvalue weighted by Gasteiger charge is 2.47. The second-order valence-electron chi connectivity index (χ2n) is 27.1. The highest BCUT2D eigenvalue weighted by Crippen LogP contribution is 2.53. The molecule has 13 rings (SSSR count). The lowest BCUT2D eigenvalue weighted by Crippen LogP contribution is -2.60. The van der Waals surface area contributed by atoms with Crippen LogP contribution in [0.3, 0.4) is 0 Å². The van der Waals surface area contributed by atoms with Crippen molar-refractivity contribution in [2.75, 3.05) is 14.7 Å². The smallest absolute Gasteiger partial charge is 0.264 e. The molecular weight excluding hydrogens is 1020 g/mol. The zero-order chi connectivity index (χ0) is 57.7. The van der Waals surface area contributed by atoms with Gasteiger partial charge in [-0.05, 0) is 156 Å². The van der Waals surface area contributed by atoms with E-state index in [2.05, 4.69) is 328 Å². The summed E-state index contributed by atoms with van der Waals surface area (Å²) in [5.41, 5.74) is 25.2. The minimum atomic E-state index is -0.205. The van der Waals surface area contributed by atoms with Gasteiger partial charge in [0.2, 0.25) is 0 Å². The SMILES string of the molecule is CC(C)(C)c1ccc(N(c2ccc3c(c2)N(c2ccc(C(C)(C)C)cc2-c2ccccc2)c2cc(C(C)(C)C)cc4c2B3c2sc3ccc(-c5ccccc5)cc3c2N4c2ccc(C(C)(C)C)cc2)c2ccccc2-c2ccccc2)cc1. The maximum Gasteiger partial charge on any atom is 0.264 e. The first-order valence-corrected chi connectivity index (χ1v) is 30.4. The molecule has 0 fully saturated rings. The number of anilines is 9. The summed E-state index contributed by atoms with van der Waals surface area (Å²) in [6.07, 6.45) is 0. The van der Waals surface area contributed by atoms with Gasteiger partial charge in [-0.1, -0.05) is 235 Å². The molecule has 0 radical (unpaired) electrons. The van der Waals surface area contributed by atoms with E-state index in [1.807, 2.05) is 11.3 Å². The Hall–Kier alpha value is -8.38. The lowest BCUT2D eigenvalue weighted by molar-refractivity contribution is 0.590. The molecule has 410 valence electrons. The van der Waals surface area contributed by atoms with Gasteiger partial charge in [0.25, 0.3) is 6.71 Å². The molecule has 2 aliphatic rings. The van der Waals surface area contributed by atoms with E-state index in [-0.39, 0.29) is 28.4 Å². The molecule has 0 saturated carbocycles. The number of fused-ring (bicyclic) bond motifs is 6. The number of rotatable bonds is 8. The third kappa shape index (κ3) is 9.67. The summed E-state index contributed by atoms with van der Waals surface area (Å²) in [5.74, 6) is 0. The molecule has 0 bridgehead atoms. The summed E-state index contributed by atoms with van der Waals surface area (Å²) in [6.45, 7) is 27.9. The Kier molecular flexibility index (Phi) is 13.1. The first-order chi connectivity index (χ1) is 39.7. The van der Waals surface area contributed by atoms with Crippen molar-refractivity contribution in [1.82, 2.24) is 0 Å². The number of hydrogen-bond acceptors (Lipinski definition) is 4. The summed E-state index contributed by atoms with van der Waals surface area (Å²) in [6, 6.07) is 87.5. The van der Waals surface area contributed by atoms with Crippen LogP contribution in [0.5, 0.6) is 0 Å². The summed E-state index contributed by atoms with van der Waals surface area (Å²) >= 11 is 1.96. The third-order valence-corrected chi connectivity index (χ3v) is 18.5. The molecule has 3 heterocycles. The van der Waals surface area contributed by atoms with E-state index < -0.39 is 0 Å². The van der Waals surface area contributed by atoms with E-state index >= 15 is 0 Å². The molecule has 0 amide bonds. The quantitative estimate of drug-likeness (QED) is 0.140.